The van der Waals surface area contributed by atoms with Gasteiger partial charge in [-0.2, -0.15) is 5.10 Å². The van der Waals surface area contributed by atoms with Crippen LogP contribution in [-0.2, 0) is 4.79 Å². The van der Waals surface area contributed by atoms with Gasteiger partial charge in [0, 0.05) is 27.5 Å². The van der Waals surface area contributed by atoms with Crippen LogP contribution in [0.5, 0.6) is 0 Å². The van der Waals surface area contributed by atoms with Crippen LogP contribution in [0.3, 0.4) is 0 Å². The van der Waals surface area contributed by atoms with Crippen LogP contribution in [0.1, 0.15) is 12.8 Å². The molecule has 1 aliphatic heterocycles. The number of anilines is 1. The largest absolute Gasteiger partial charge is 0.316 e. The number of amides is 1. The molecule has 0 saturated carbocycles. The number of H-pyrrole nitrogens is 1. The predicted molar refractivity (Wildman–Crippen MR) is 106 cm³/mol. The van der Waals surface area contributed by atoms with Gasteiger partial charge in [0.1, 0.15) is 0 Å². The van der Waals surface area contributed by atoms with Gasteiger partial charge < -0.3 is 10.6 Å². The topological polar surface area (TPSA) is 69.8 Å². The van der Waals surface area contributed by atoms with E-state index in [2.05, 4.69) is 20.8 Å². The molecule has 1 aromatic heterocycles. The maximum Gasteiger partial charge on any atom is 0.229 e. The number of aromatic nitrogens is 2. The first-order valence-electron chi connectivity index (χ1n) is 8.57. The molecule has 0 aliphatic carbocycles. The number of piperidine rings is 1. The smallest absolute Gasteiger partial charge is 0.229 e. The van der Waals surface area contributed by atoms with Crippen molar-refractivity contribution in [1.82, 2.24) is 15.5 Å². The third kappa shape index (κ3) is 3.43. The molecule has 1 amide bonds. The summed E-state index contributed by atoms with van der Waals surface area (Å²) in [5.74, 6) is 0.508. The Labute approximate surface area is 161 Å². The summed E-state index contributed by atoms with van der Waals surface area (Å²) in [4.78, 5) is 12.5. The van der Waals surface area contributed by atoms with Gasteiger partial charge in [0.25, 0.3) is 0 Å². The lowest BCUT2D eigenvalue weighted by Gasteiger charge is -2.21. The molecule has 0 spiro atoms. The minimum absolute atomic E-state index is 0.00297. The highest BCUT2D eigenvalue weighted by Crippen LogP contribution is 2.33. The first-order valence-corrected chi connectivity index (χ1v) is 9.32. The summed E-state index contributed by atoms with van der Waals surface area (Å²) >= 11 is 12.4. The van der Waals surface area contributed by atoms with E-state index in [9.17, 15) is 4.79 Å². The number of rotatable bonds is 3. The van der Waals surface area contributed by atoms with Gasteiger partial charge in [-0.15, -0.1) is 0 Å². The van der Waals surface area contributed by atoms with Gasteiger partial charge in [0.05, 0.1) is 11.4 Å². The zero-order valence-corrected chi connectivity index (χ0v) is 15.5. The van der Waals surface area contributed by atoms with Crippen molar-refractivity contribution in [1.29, 1.82) is 0 Å². The molecule has 4 rings (SSSR count). The fourth-order valence-corrected chi connectivity index (χ4v) is 3.69. The molecule has 134 valence electrons. The van der Waals surface area contributed by atoms with E-state index in [4.69, 9.17) is 23.2 Å². The molecule has 7 heteroatoms. The summed E-state index contributed by atoms with van der Waals surface area (Å²) in [7, 11) is 0. The zero-order valence-electron chi connectivity index (χ0n) is 14.0. The molecule has 3 N–H and O–H groups in total. The lowest BCUT2D eigenvalue weighted by molar-refractivity contribution is -0.120. The Balaban J connectivity index is 1.66. The molecule has 1 atom stereocenters. The summed E-state index contributed by atoms with van der Waals surface area (Å²) < 4.78 is 0. The van der Waals surface area contributed by atoms with Gasteiger partial charge in [0.2, 0.25) is 5.91 Å². The lowest BCUT2D eigenvalue weighted by Crippen LogP contribution is -2.37. The Morgan fingerprint density at radius 2 is 2.08 bits per heavy atom. The van der Waals surface area contributed by atoms with E-state index in [1.807, 2.05) is 24.3 Å². The highest BCUT2D eigenvalue weighted by Gasteiger charge is 2.22. The van der Waals surface area contributed by atoms with Crippen molar-refractivity contribution in [3.8, 4) is 11.1 Å². The zero-order chi connectivity index (χ0) is 18.1. The number of carbonyl (C=O) groups excluding carboxylic acids is 1. The summed E-state index contributed by atoms with van der Waals surface area (Å²) in [6.45, 7) is 1.68. The highest BCUT2D eigenvalue weighted by molar-refractivity contribution is 6.35. The van der Waals surface area contributed by atoms with E-state index in [1.54, 1.807) is 12.1 Å². The molecule has 0 radical (unpaired) electrons. The van der Waals surface area contributed by atoms with Crippen LogP contribution in [0.15, 0.2) is 36.4 Å². The third-order valence-corrected chi connectivity index (χ3v) is 5.28. The average Bonchev–Trinajstić information content (AvgIpc) is 3.06. The monoisotopic (exact) mass is 388 g/mol. The second-order valence-corrected chi connectivity index (χ2v) is 7.33. The molecule has 1 unspecified atom stereocenters. The Morgan fingerprint density at radius 1 is 1.19 bits per heavy atom. The molecule has 5 nitrogen and oxygen atoms in total. The van der Waals surface area contributed by atoms with Gasteiger partial charge in [-0.05, 0) is 55.3 Å². The van der Waals surface area contributed by atoms with Gasteiger partial charge in [-0.3, -0.25) is 9.89 Å². The van der Waals surface area contributed by atoms with E-state index < -0.39 is 0 Å². The fraction of sp³-hybridized carbons (Fsp3) is 0.263. The van der Waals surface area contributed by atoms with Crippen LogP contribution < -0.4 is 10.6 Å². The highest BCUT2D eigenvalue weighted by atomic mass is 35.5. The summed E-state index contributed by atoms with van der Waals surface area (Å²) in [5, 5.41) is 15.5. The number of benzene rings is 2. The van der Waals surface area contributed by atoms with Gasteiger partial charge in [-0.25, -0.2) is 0 Å². The molecule has 1 fully saturated rings. The number of fused-ring (bicyclic) bond motifs is 1. The van der Waals surface area contributed by atoms with Crippen molar-refractivity contribution < 1.29 is 4.79 Å². The molecule has 1 aliphatic rings. The summed E-state index contributed by atoms with van der Waals surface area (Å²) in [6.07, 6.45) is 1.90. The quantitative estimate of drug-likeness (QED) is 0.619. The first kappa shape index (κ1) is 17.3. The Bertz CT molecular complexity index is 963. The first-order chi connectivity index (χ1) is 12.6. The van der Waals surface area contributed by atoms with Gasteiger partial charge in [-0.1, -0.05) is 29.3 Å². The second kappa shape index (κ2) is 7.27. The van der Waals surface area contributed by atoms with E-state index in [0.29, 0.717) is 22.4 Å². The number of nitrogens with one attached hydrogen (secondary N) is 3. The molecular formula is C19H18Cl2N4O. The number of nitrogens with zero attached hydrogens (tertiary/aromatic N) is 1. The number of halogens is 2. The van der Waals surface area contributed by atoms with E-state index in [-0.39, 0.29) is 11.8 Å². The molecule has 3 aromatic rings. The third-order valence-electron chi connectivity index (χ3n) is 4.71. The van der Waals surface area contributed by atoms with Crippen LogP contribution in [-0.4, -0.2) is 29.2 Å². The molecule has 2 aromatic carbocycles. The van der Waals surface area contributed by atoms with Crippen LogP contribution in [0.4, 0.5) is 5.82 Å². The maximum atomic E-state index is 12.5. The van der Waals surface area contributed by atoms with Crippen molar-refractivity contribution in [3.63, 3.8) is 0 Å². The van der Waals surface area contributed by atoms with Crippen LogP contribution in [0.25, 0.3) is 22.0 Å². The molecule has 26 heavy (non-hydrogen) atoms. The molecule has 0 bridgehead atoms. The van der Waals surface area contributed by atoms with Crippen molar-refractivity contribution in [2.75, 3.05) is 18.4 Å². The standard InChI is InChI=1S/C19H18Cl2N4O/c20-13-4-5-16(21)14(9-13)11-3-6-17-15(8-11)18(25-24-17)23-19(26)12-2-1-7-22-10-12/h3-6,8-9,12,22H,1-2,7,10H2,(H2,23,24,25,26). The van der Waals surface area contributed by atoms with Crippen molar-refractivity contribution in [2.24, 2.45) is 5.92 Å². The Hall–Kier alpha value is -2.08. The number of hydrogen-bond donors (Lipinski definition) is 3. The maximum absolute atomic E-state index is 12.5. The van der Waals surface area contributed by atoms with E-state index >= 15 is 0 Å². The normalized spacial score (nSPS) is 17.4. The summed E-state index contributed by atoms with van der Waals surface area (Å²) in [6, 6.07) is 11.2. The predicted octanol–water partition coefficient (Wildman–Crippen LogP) is 4.47. The van der Waals surface area contributed by atoms with Gasteiger partial charge >= 0.3 is 0 Å². The Morgan fingerprint density at radius 3 is 2.88 bits per heavy atom. The second-order valence-electron chi connectivity index (χ2n) is 6.49. The van der Waals surface area contributed by atoms with Crippen molar-refractivity contribution >= 4 is 45.8 Å². The van der Waals surface area contributed by atoms with Crippen LogP contribution >= 0.6 is 23.2 Å². The van der Waals surface area contributed by atoms with Crippen molar-refractivity contribution in [2.45, 2.75) is 12.8 Å². The summed E-state index contributed by atoms with van der Waals surface area (Å²) in [5.41, 5.74) is 2.61. The van der Waals surface area contributed by atoms with Gasteiger partial charge in [0.15, 0.2) is 5.82 Å². The number of aromatic amines is 1. The van der Waals surface area contributed by atoms with E-state index in [0.717, 1.165) is 41.4 Å². The number of hydrogen-bond acceptors (Lipinski definition) is 3. The molecule has 1 saturated heterocycles. The SMILES string of the molecule is O=C(Nc1n[nH]c2ccc(-c3cc(Cl)ccc3Cl)cc12)C1CCCNC1. The van der Waals surface area contributed by atoms with Crippen molar-refractivity contribution in [3.05, 3.63) is 46.4 Å². The molecular weight excluding hydrogens is 371 g/mol. The fourth-order valence-electron chi connectivity index (χ4n) is 3.29. The van der Waals surface area contributed by atoms with Crippen LogP contribution in [0.2, 0.25) is 10.0 Å². The average molecular weight is 389 g/mol. The molecule has 2 heterocycles. The minimum Gasteiger partial charge on any atom is -0.316 e. The Kier molecular flexibility index (Phi) is 4.85. The van der Waals surface area contributed by atoms with E-state index in [1.165, 1.54) is 0 Å². The minimum atomic E-state index is -0.0268. The lowest BCUT2D eigenvalue weighted by atomic mass is 9.99. The van der Waals surface area contributed by atoms with Crippen LogP contribution in [0, 0.1) is 5.92 Å². The number of carbonyl (C=O) groups is 1.